The first kappa shape index (κ1) is 13.4. The van der Waals surface area contributed by atoms with E-state index in [0.717, 1.165) is 5.56 Å². The number of ether oxygens (including phenoxy) is 3. The number of carbonyl (C=O) groups is 2. The second-order valence-electron chi connectivity index (χ2n) is 4.35. The predicted molar refractivity (Wildman–Crippen MR) is 66.7 cm³/mol. The van der Waals surface area contributed by atoms with Crippen molar-refractivity contribution in [2.24, 2.45) is 0 Å². The van der Waals surface area contributed by atoms with Gasteiger partial charge in [0, 0.05) is 6.42 Å². The molecule has 1 heterocycles. The van der Waals surface area contributed by atoms with Gasteiger partial charge in [0.2, 0.25) is 6.10 Å². The van der Waals surface area contributed by atoms with Crippen molar-refractivity contribution < 1.29 is 23.8 Å². The Morgan fingerprint density at radius 3 is 2.74 bits per heavy atom. The lowest BCUT2D eigenvalue weighted by atomic mass is 10.2. The molecule has 0 bridgehead atoms. The van der Waals surface area contributed by atoms with Crippen LogP contribution in [0.5, 0.6) is 5.75 Å². The van der Waals surface area contributed by atoms with Gasteiger partial charge in [-0.15, -0.1) is 0 Å². The van der Waals surface area contributed by atoms with Crippen molar-refractivity contribution in [3.05, 3.63) is 29.8 Å². The Bertz CT molecular complexity index is 451. The summed E-state index contributed by atoms with van der Waals surface area (Å²) in [7, 11) is 0. The van der Waals surface area contributed by atoms with Crippen LogP contribution >= 0.6 is 0 Å². The molecule has 0 radical (unpaired) electrons. The van der Waals surface area contributed by atoms with Crippen molar-refractivity contribution in [1.82, 2.24) is 0 Å². The summed E-state index contributed by atoms with van der Waals surface area (Å²) < 4.78 is 15.1. The maximum absolute atomic E-state index is 11.5. The highest BCUT2D eigenvalue weighted by Crippen LogP contribution is 2.13. The van der Waals surface area contributed by atoms with Crippen molar-refractivity contribution in [1.29, 1.82) is 0 Å². The highest BCUT2D eigenvalue weighted by atomic mass is 16.6. The minimum absolute atomic E-state index is 0.109. The Morgan fingerprint density at radius 1 is 1.37 bits per heavy atom. The molecule has 0 aromatic heterocycles. The van der Waals surface area contributed by atoms with Crippen LogP contribution in [0.1, 0.15) is 18.4 Å². The molecule has 1 atom stereocenters. The largest absolute Gasteiger partial charge is 0.493 e. The van der Waals surface area contributed by atoms with Gasteiger partial charge >= 0.3 is 11.9 Å². The van der Waals surface area contributed by atoms with Gasteiger partial charge in [0.15, 0.2) is 0 Å². The number of rotatable bonds is 5. The van der Waals surface area contributed by atoms with Crippen LogP contribution in [0, 0.1) is 6.92 Å². The molecule has 19 heavy (non-hydrogen) atoms. The first-order chi connectivity index (χ1) is 9.15. The van der Waals surface area contributed by atoms with Crippen LogP contribution in [-0.2, 0) is 19.1 Å². The van der Waals surface area contributed by atoms with Crippen LogP contribution in [0.4, 0.5) is 0 Å². The monoisotopic (exact) mass is 264 g/mol. The fourth-order valence-corrected chi connectivity index (χ4v) is 1.69. The molecule has 1 fully saturated rings. The van der Waals surface area contributed by atoms with E-state index in [-0.39, 0.29) is 13.0 Å². The number of aryl methyl sites for hydroxylation is 1. The molecular formula is C14H16O5. The van der Waals surface area contributed by atoms with Crippen molar-refractivity contribution in [2.45, 2.75) is 25.9 Å². The Hall–Kier alpha value is -2.04. The van der Waals surface area contributed by atoms with E-state index in [1.807, 2.05) is 31.2 Å². The SMILES string of the molecule is Cc1ccc(OCCC(=O)OC2CCOC2=O)cc1. The van der Waals surface area contributed by atoms with E-state index in [1.54, 1.807) is 0 Å². The average molecular weight is 264 g/mol. The fraction of sp³-hybridized carbons (Fsp3) is 0.429. The van der Waals surface area contributed by atoms with E-state index >= 15 is 0 Å². The van der Waals surface area contributed by atoms with E-state index in [2.05, 4.69) is 0 Å². The van der Waals surface area contributed by atoms with Gasteiger partial charge in [0.1, 0.15) is 5.75 Å². The lowest BCUT2D eigenvalue weighted by Gasteiger charge is -2.09. The molecular weight excluding hydrogens is 248 g/mol. The van der Waals surface area contributed by atoms with Crippen molar-refractivity contribution in [2.75, 3.05) is 13.2 Å². The maximum Gasteiger partial charge on any atom is 0.347 e. The van der Waals surface area contributed by atoms with E-state index in [1.165, 1.54) is 0 Å². The van der Waals surface area contributed by atoms with E-state index in [9.17, 15) is 9.59 Å². The van der Waals surface area contributed by atoms with Gasteiger partial charge in [0.25, 0.3) is 0 Å². The van der Waals surface area contributed by atoms with Crippen LogP contribution in [0.3, 0.4) is 0 Å². The number of carbonyl (C=O) groups excluding carboxylic acids is 2. The molecule has 5 heteroatoms. The molecule has 0 spiro atoms. The summed E-state index contributed by atoms with van der Waals surface area (Å²) in [5.74, 6) is -0.206. The van der Waals surface area contributed by atoms with Crippen molar-refractivity contribution >= 4 is 11.9 Å². The Morgan fingerprint density at radius 2 is 2.11 bits per heavy atom. The van der Waals surface area contributed by atoms with Gasteiger partial charge in [-0.3, -0.25) is 4.79 Å². The Balaban J connectivity index is 1.69. The van der Waals surface area contributed by atoms with Crippen molar-refractivity contribution in [3.8, 4) is 5.75 Å². The van der Waals surface area contributed by atoms with Crippen LogP contribution < -0.4 is 4.74 Å². The molecule has 1 aromatic rings. The number of hydrogen-bond donors (Lipinski definition) is 0. The van der Waals surface area contributed by atoms with Gasteiger partial charge in [-0.25, -0.2) is 4.79 Å². The smallest absolute Gasteiger partial charge is 0.347 e. The molecule has 0 N–H and O–H groups in total. The highest BCUT2D eigenvalue weighted by molar-refractivity contribution is 5.80. The molecule has 0 saturated carbocycles. The topological polar surface area (TPSA) is 61.8 Å². The molecule has 0 aliphatic carbocycles. The quantitative estimate of drug-likeness (QED) is 0.756. The van der Waals surface area contributed by atoms with Crippen LogP contribution in [0.2, 0.25) is 0 Å². The number of esters is 2. The molecule has 1 unspecified atom stereocenters. The fourth-order valence-electron chi connectivity index (χ4n) is 1.69. The molecule has 1 aliphatic heterocycles. The lowest BCUT2D eigenvalue weighted by Crippen LogP contribution is -2.23. The standard InChI is InChI=1S/C14H16O5/c1-10-2-4-11(5-3-10)17-9-7-13(15)19-12-6-8-18-14(12)16/h2-5,12H,6-9H2,1H3. The summed E-state index contributed by atoms with van der Waals surface area (Å²) in [4.78, 5) is 22.6. The molecule has 5 nitrogen and oxygen atoms in total. The minimum atomic E-state index is -0.744. The predicted octanol–water partition coefficient (Wildman–Crippen LogP) is 1.62. The molecule has 1 aromatic carbocycles. The van der Waals surface area contributed by atoms with Crippen LogP contribution in [0.25, 0.3) is 0 Å². The summed E-state index contributed by atoms with van der Waals surface area (Å²) in [5.41, 5.74) is 1.14. The zero-order valence-electron chi connectivity index (χ0n) is 10.8. The molecule has 1 saturated heterocycles. The number of hydrogen-bond acceptors (Lipinski definition) is 5. The van der Waals surface area contributed by atoms with Crippen LogP contribution in [0.15, 0.2) is 24.3 Å². The number of cyclic esters (lactones) is 1. The summed E-state index contributed by atoms with van der Waals surface area (Å²) in [6.45, 7) is 2.53. The first-order valence-electron chi connectivity index (χ1n) is 6.21. The summed E-state index contributed by atoms with van der Waals surface area (Å²) in [6.07, 6.45) is -0.201. The summed E-state index contributed by atoms with van der Waals surface area (Å²) in [6, 6.07) is 7.55. The summed E-state index contributed by atoms with van der Waals surface area (Å²) in [5, 5.41) is 0. The third-order valence-electron chi connectivity index (χ3n) is 2.76. The first-order valence-corrected chi connectivity index (χ1v) is 6.21. The zero-order valence-corrected chi connectivity index (χ0v) is 10.8. The average Bonchev–Trinajstić information content (AvgIpc) is 2.78. The number of benzene rings is 1. The highest BCUT2D eigenvalue weighted by Gasteiger charge is 2.29. The van der Waals surface area contributed by atoms with E-state index in [4.69, 9.17) is 14.2 Å². The second kappa shape index (κ2) is 6.22. The minimum Gasteiger partial charge on any atom is -0.493 e. The second-order valence-corrected chi connectivity index (χ2v) is 4.35. The molecule has 102 valence electrons. The van der Waals surface area contributed by atoms with Gasteiger partial charge in [0.05, 0.1) is 19.6 Å². The third-order valence-corrected chi connectivity index (χ3v) is 2.76. The maximum atomic E-state index is 11.5. The van der Waals surface area contributed by atoms with Gasteiger partial charge in [-0.2, -0.15) is 0 Å². The van der Waals surface area contributed by atoms with Crippen LogP contribution in [-0.4, -0.2) is 31.3 Å². The van der Waals surface area contributed by atoms with E-state index in [0.29, 0.717) is 18.8 Å². The van der Waals surface area contributed by atoms with Gasteiger partial charge in [-0.05, 0) is 19.1 Å². The summed E-state index contributed by atoms with van der Waals surface area (Å²) >= 11 is 0. The van der Waals surface area contributed by atoms with Gasteiger partial charge < -0.3 is 14.2 Å². The lowest BCUT2D eigenvalue weighted by molar-refractivity contribution is -0.160. The molecule has 0 amide bonds. The molecule has 2 rings (SSSR count). The normalized spacial score (nSPS) is 17.9. The van der Waals surface area contributed by atoms with Gasteiger partial charge in [-0.1, -0.05) is 17.7 Å². The molecule has 1 aliphatic rings. The Labute approximate surface area is 111 Å². The zero-order chi connectivity index (χ0) is 13.7. The third kappa shape index (κ3) is 3.98. The van der Waals surface area contributed by atoms with E-state index < -0.39 is 18.0 Å². The Kier molecular flexibility index (Phi) is 4.39. The van der Waals surface area contributed by atoms with Crippen molar-refractivity contribution in [3.63, 3.8) is 0 Å².